The highest BCUT2D eigenvalue weighted by atomic mass is 32.1. The van der Waals surface area contributed by atoms with Crippen LogP contribution in [0.3, 0.4) is 0 Å². The Morgan fingerprint density at radius 2 is 1.61 bits per heavy atom. The molecule has 2 heterocycles. The summed E-state index contributed by atoms with van der Waals surface area (Å²) in [6, 6.07) is 14.9. The Balaban J connectivity index is 1.80. The summed E-state index contributed by atoms with van der Waals surface area (Å²) in [4.78, 5) is 28.4. The van der Waals surface area contributed by atoms with Crippen molar-refractivity contribution in [2.75, 3.05) is 10.2 Å². The molecule has 2 amide bonds. The van der Waals surface area contributed by atoms with Crippen LogP contribution in [-0.2, 0) is 9.59 Å². The third-order valence-corrected chi connectivity index (χ3v) is 5.32. The molecule has 1 N–H and O–H groups in total. The fourth-order valence-electron chi connectivity index (χ4n) is 3.29. The van der Waals surface area contributed by atoms with Crippen LogP contribution in [0.15, 0.2) is 65.7 Å². The Bertz CT molecular complexity index is 1080. The molecule has 0 aliphatic carbocycles. The fourth-order valence-corrected chi connectivity index (χ4v) is 4.05. The molecule has 1 aromatic heterocycles. The third-order valence-electron chi connectivity index (χ3n) is 4.43. The first kappa shape index (κ1) is 18.1. The maximum atomic E-state index is 13.2. The van der Waals surface area contributed by atoms with Crippen LogP contribution < -0.4 is 10.2 Å². The first-order valence-corrected chi connectivity index (χ1v) is 9.60. The number of halogens is 1. The second-order valence-electron chi connectivity index (χ2n) is 6.65. The van der Waals surface area contributed by atoms with E-state index in [-0.39, 0.29) is 17.4 Å². The lowest BCUT2D eigenvalue weighted by atomic mass is 10.1. The van der Waals surface area contributed by atoms with Gasteiger partial charge in [-0.2, -0.15) is 0 Å². The van der Waals surface area contributed by atoms with Crippen LogP contribution in [0.4, 0.5) is 15.8 Å². The topological polar surface area (TPSA) is 49.4 Å². The molecule has 4 rings (SSSR count). The molecule has 0 spiro atoms. The van der Waals surface area contributed by atoms with Crippen molar-refractivity contribution < 1.29 is 14.0 Å². The number of nitrogens with zero attached hydrogens (tertiary/aromatic N) is 1. The number of anilines is 2. The molecule has 3 aromatic rings. The Morgan fingerprint density at radius 1 is 0.929 bits per heavy atom. The molecule has 28 heavy (non-hydrogen) atoms. The van der Waals surface area contributed by atoms with Crippen LogP contribution in [-0.4, -0.2) is 11.8 Å². The van der Waals surface area contributed by atoms with Gasteiger partial charge in [0, 0.05) is 10.6 Å². The van der Waals surface area contributed by atoms with Crippen LogP contribution in [0, 0.1) is 19.7 Å². The lowest BCUT2D eigenvalue weighted by Gasteiger charge is -2.17. The summed E-state index contributed by atoms with van der Waals surface area (Å²) in [6.07, 6.45) is 0. The number of carbonyl (C=O) groups excluding carboxylic acids is 2. The van der Waals surface area contributed by atoms with Crippen LogP contribution in [0.1, 0.15) is 16.0 Å². The maximum absolute atomic E-state index is 13.2. The number of nitrogens with one attached hydrogen (secondary N) is 1. The number of benzene rings is 2. The van der Waals surface area contributed by atoms with Crippen LogP contribution in [0.2, 0.25) is 0 Å². The van der Waals surface area contributed by atoms with Crippen LogP contribution in [0.25, 0.3) is 5.57 Å². The molecule has 6 heteroatoms. The molecule has 1 aliphatic heterocycles. The molecule has 1 aliphatic rings. The quantitative estimate of drug-likeness (QED) is 0.643. The van der Waals surface area contributed by atoms with Gasteiger partial charge in [0.2, 0.25) is 0 Å². The van der Waals surface area contributed by atoms with E-state index in [4.69, 9.17) is 0 Å². The zero-order chi connectivity index (χ0) is 19.8. The van der Waals surface area contributed by atoms with Crippen molar-refractivity contribution in [1.82, 2.24) is 0 Å². The lowest BCUT2D eigenvalue weighted by molar-refractivity contribution is -0.120. The molecule has 0 atom stereocenters. The average Bonchev–Trinajstić information content (AvgIpc) is 3.23. The van der Waals surface area contributed by atoms with Gasteiger partial charge in [-0.05, 0) is 72.8 Å². The zero-order valence-corrected chi connectivity index (χ0v) is 16.1. The monoisotopic (exact) mass is 392 g/mol. The van der Waals surface area contributed by atoms with Gasteiger partial charge in [0.1, 0.15) is 11.5 Å². The van der Waals surface area contributed by atoms with Gasteiger partial charge >= 0.3 is 0 Å². The summed E-state index contributed by atoms with van der Waals surface area (Å²) >= 11 is 1.39. The van der Waals surface area contributed by atoms with Crippen molar-refractivity contribution in [3.05, 3.63) is 87.5 Å². The van der Waals surface area contributed by atoms with E-state index in [0.717, 1.165) is 11.1 Å². The van der Waals surface area contributed by atoms with Crippen molar-refractivity contribution >= 4 is 40.1 Å². The number of hydrogen-bond donors (Lipinski definition) is 1. The molecular weight excluding hydrogens is 375 g/mol. The molecule has 4 nitrogen and oxygen atoms in total. The summed E-state index contributed by atoms with van der Waals surface area (Å²) in [5.74, 6) is -1.17. The Hall–Kier alpha value is -3.25. The van der Waals surface area contributed by atoms with Gasteiger partial charge in [0.15, 0.2) is 0 Å². The second-order valence-corrected chi connectivity index (χ2v) is 7.60. The Kier molecular flexibility index (Phi) is 4.57. The lowest BCUT2D eigenvalue weighted by Crippen LogP contribution is -2.32. The number of rotatable bonds is 4. The van der Waals surface area contributed by atoms with Gasteiger partial charge in [0.05, 0.1) is 11.3 Å². The largest absolute Gasteiger partial charge is 0.350 e. The summed E-state index contributed by atoms with van der Waals surface area (Å²) in [6.45, 7) is 3.85. The van der Waals surface area contributed by atoms with E-state index >= 15 is 0 Å². The van der Waals surface area contributed by atoms with Crippen molar-refractivity contribution in [2.24, 2.45) is 0 Å². The smallest absolute Gasteiger partial charge is 0.282 e. The highest BCUT2D eigenvalue weighted by molar-refractivity contribution is 7.11. The van der Waals surface area contributed by atoms with E-state index in [2.05, 4.69) is 5.32 Å². The Morgan fingerprint density at radius 3 is 2.21 bits per heavy atom. The molecule has 0 bridgehead atoms. The normalized spacial score (nSPS) is 14.2. The van der Waals surface area contributed by atoms with E-state index in [0.29, 0.717) is 21.8 Å². The number of imide groups is 1. The van der Waals surface area contributed by atoms with Crippen molar-refractivity contribution in [2.45, 2.75) is 13.8 Å². The van der Waals surface area contributed by atoms with Crippen molar-refractivity contribution in [3.63, 3.8) is 0 Å². The van der Waals surface area contributed by atoms with Crippen LogP contribution >= 0.6 is 11.3 Å². The van der Waals surface area contributed by atoms with Gasteiger partial charge in [-0.25, -0.2) is 9.29 Å². The molecule has 0 unspecified atom stereocenters. The van der Waals surface area contributed by atoms with E-state index in [1.807, 2.05) is 49.6 Å². The SMILES string of the molecule is Cc1cc(C)cc(N2C(=O)C(Nc3ccc(F)cc3)=C(c3cccs3)C2=O)c1. The molecule has 0 fully saturated rings. The van der Waals surface area contributed by atoms with Crippen molar-refractivity contribution in [3.8, 4) is 0 Å². The number of hydrogen-bond acceptors (Lipinski definition) is 4. The van der Waals surface area contributed by atoms with Crippen molar-refractivity contribution in [1.29, 1.82) is 0 Å². The molecule has 0 saturated carbocycles. The summed E-state index contributed by atoms with van der Waals surface area (Å²) in [7, 11) is 0. The van der Waals surface area contributed by atoms with Gasteiger partial charge in [0.25, 0.3) is 11.8 Å². The van der Waals surface area contributed by atoms with E-state index in [1.165, 1.54) is 40.5 Å². The highest BCUT2D eigenvalue weighted by Crippen LogP contribution is 2.36. The fraction of sp³-hybridized carbons (Fsp3) is 0.0909. The molecule has 0 radical (unpaired) electrons. The molecule has 140 valence electrons. The first-order chi connectivity index (χ1) is 13.4. The predicted octanol–water partition coefficient (Wildman–Crippen LogP) is 4.90. The number of amides is 2. The zero-order valence-electron chi connectivity index (χ0n) is 15.3. The minimum absolute atomic E-state index is 0.193. The maximum Gasteiger partial charge on any atom is 0.282 e. The summed E-state index contributed by atoms with van der Waals surface area (Å²) in [5, 5.41) is 4.88. The first-order valence-electron chi connectivity index (χ1n) is 8.72. The van der Waals surface area contributed by atoms with Gasteiger partial charge in [-0.15, -0.1) is 11.3 Å². The second kappa shape index (κ2) is 7.05. The van der Waals surface area contributed by atoms with E-state index in [1.54, 1.807) is 0 Å². The third kappa shape index (κ3) is 3.23. The van der Waals surface area contributed by atoms with Gasteiger partial charge < -0.3 is 5.32 Å². The minimum atomic E-state index is -0.428. The molecular formula is C22H17FN2O2S. The van der Waals surface area contributed by atoms with Gasteiger partial charge in [-0.1, -0.05) is 12.1 Å². The Labute approximate surface area is 165 Å². The number of carbonyl (C=O) groups is 2. The number of aryl methyl sites for hydroxylation is 2. The number of thiophene rings is 1. The molecule has 2 aromatic carbocycles. The summed E-state index contributed by atoms with van der Waals surface area (Å²) in [5.41, 5.74) is 3.52. The minimum Gasteiger partial charge on any atom is -0.350 e. The van der Waals surface area contributed by atoms with E-state index < -0.39 is 5.91 Å². The van der Waals surface area contributed by atoms with E-state index in [9.17, 15) is 14.0 Å². The highest BCUT2D eigenvalue weighted by Gasteiger charge is 2.40. The average molecular weight is 392 g/mol. The van der Waals surface area contributed by atoms with Gasteiger partial charge in [-0.3, -0.25) is 9.59 Å². The standard InChI is InChI=1S/C22H17FN2O2S/c1-13-10-14(2)12-17(11-13)25-21(26)19(18-4-3-9-28-18)20(22(25)27)24-16-7-5-15(23)6-8-16/h3-12,24H,1-2H3. The summed E-state index contributed by atoms with van der Waals surface area (Å²) < 4.78 is 13.2. The predicted molar refractivity (Wildman–Crippen MR) is 110 cm³/mol. The molecule has 0 saturated heterocycles. The van der Waals surface area contributed by atoms with Crippen LogP contribution in [0.5, 0.6) is 0 Å².